The average Bonchev–Trinajstić information content (AvgIpc) is 3.08. The number of amides is 1. The quantitative estimate of drug-likeness (QED) is 0.885. The molecule has 5 nitrogen and oxygen atoms in total. The van der Waals surface area contributed by atoms with Gasteiger partial charge in [0.15, 0.2) is 5.69 Å². The number of nitrogens with zero attached hydrogens (tertiary/aromatic N) is 3. The van der Waals surface area contributed by atoms with E-state index in [0.29, 0.717) is 6.54 Å². The lowest BCUT2D eigenvalue weighted by atomic mass is 9.99. The van der Waals surface area contributed by atoms with Crippen LogP contribution in [0, 0.1) is 0 Å². The second kappa shape index (κ2) is 7.49. The van der Waals surface area contributed by atoms with Crippen LogP contribution in [0.2, 0.25) is 0 Å². The highest BCUT2D eigenvalue weighted by atomic mass is 19.4. The van der Waals surface area contributed by atoms with Crippen LogP contribution < -0.4 is 5.32 Å². The van der Waals surface area contributed by atoms with E-state index in [4.69, 9.17) is 0 Å². The first-order chi connectivity index (χ1) is 12.3. The molecule has 2 aromatic rings. The van der Waals surface area contributed by atoms with Gasteiger partial charge in [0.25, 0.3) is 0 Å². The van der Waals surface area contributed by atoms with E-state index in [1.807, 2.05) is 19.1 Å². The summed E-state index contributed by atoms with van der Waals surface area (Å²) >= 11 is 0. The number of aromatic nitrogens is 2. The summed E-state index contributed by atoms with van der Waals surface area (Å²) < 4.78 is 38.6. The van der Waals surface area contributed by atoms with Gasteiger partial charge in [0.1, 0.15) is 6.54 Å². The first kappa shape index (κ1) is 18.4. The number of rotatable bonds is 5. The molecule has 0 aliphatic carbocycles. The van der Waals surface area contributed by atoms with Crippen molar-refractivity contribution in [2.24, 2.45) is 0 Å². The molecule has 1 aliphatic rings. The fraction of sp³-hybridized carbons (Fsp3) is 0.444. The Morgan fingerprint density at radius 3 is 2.69 bits per heavy atom. The maximum absolute atomic E-state index is 12.5. The number of benzene rings is 1. The molecule has 1 N–H and O–H groups in total. The molecule has 0 saturated heterocycles. The number of halogens is 3. The number of hydrogen-bond donors (Lipinski definition) is 1. The molecule has 0 radical (unpaired) electrons. The third kappa shape index (κ3) is 4.43. The summed E-state index contributed by atoms with van der Waals surface area (Å²) in [5, 5.41) is 6.16. The van der Waals surface area contributed by atoms with E-state index in [0.717, 1.165) is 36.5 Å². The maximum atomic E-state index is 12.5. The normalized spacial score (nSPS) is 16.2. The molecule has 0 saturated carbocycles. The Bertz CT molecular complexity index is 772. The lowest BCUT2D eigenvalue weighted by molar-refractivity contribution is -0.141. The molecule has 3 rings (SSSR count). The minimum Gasteiger partial charge on any atom is -0.353 e. The molecule has 26 heavy (non-hydrogen) atoms. The maximum Gasteiger partial charge on any atom is 0.435 e. The molecule has 1 aromatic heterocycles. The smallest absolute Gasteiger partial charge is 0.353 e. The fourth-order valence-corrected chi connectivity index (χ4v) is 3.09. The third-order valence-electron chi connectivity index (χ3n) is 4.61. The minimum absolute atomic E-state index is 0.135. The van der Waals surface area contributed by atoms with Crippen molar-refractivity contribution < 1.29 is 18.0 Å². The zero-order chi connectivity index (χ0) is 18.7. The van der Waals surface area contributed by atoms with Crippen LogP contribution in [-0.2, 0) is 30.5 Å². The number of hydrogen-bond acceptors (Lipinski definition) is 3. The molecule has 2 heterocycles. The molecule has 0 bridgehead atoms. The van der Waals surface area contributed by atoms with Gasteiger partial charge < -0.3 is 5.32 Å². The van der Waals surface area contributed by atoms with Crippen molar-refractivity contribution in [2.75, 3.05) is 13.1 Å². The predicted molar refractivity (Wildman–Crippen MR) is 90.3 cm³/mol. The number of fused-ring (bicyclic) bond motifs is 1. The van der Waals surface area contributed by atoms with E-state index in [1.54, 1.807) is 0 Å². The van der Waals surface area contributed by atoms with Crippen LogP contribution in [0.5, 0.6) is 0 Å². The largest absolute Gasteiger partial charge is 0.435 e. The van der Waals surface area contributed by atoms with Crippen molar-refractivity contribution in [3.63, 3.8) is 0 Å². The van der Waals surface area contributed by atoms with Gasteiger partial charge in [-0.15, -0.1) is 0 Å². The lowest BCUT2D eigenvalue weighted by Crippen LogP contribution is -2.44. The summed E-state index contributed by atoms with van der Waals surface area (Å²) in [6.45, 7) is 3.99. The van der Waals surface area contributed by atoms with E-state index in [1.165, 1.54) is 11.1 Å². The Balaban J connectivity index is 1.48. The van der Waals surface area contributed by atoms with E-state index in [-0.39, 0.29) is 18.5 Å². The molecule has 1 aromatic carbocycles. The molecular formula is C18H21F3N4O. The highest BCUT2D eigenvalue weighted by molar-refractivity contribution is 5.75. The summed E-state index contributed by atoms with van der Waals surface area (Å²) in [6.07, 6.45) is -2.36. The Kier molecular flexibility index (Phi) is 5.31. The van der Waals surface area contributed by atoms with Crippen molar-refractivity contribution in [1.82, 2.24) is 20.0 Å². The van der Waals surface area contributed by atoms with Gasteiger partial charge in [-0.05, 0) is 30.5 Å². The summed E-state index contributed by atoms with van der Waals surface area (Å²) in [4.78, 5) is 14.3. The summed E-state index contributed by atoms with van der Waals surface area (Å²) in [7, 11) is 0. The van der Waals surface area contributed by atoms with Gasteiger partial charge in [0, 0.05) is 31.9 Å². The van der Waals surface area contributed by atoms with Crippen molar-refractivity contribution in [2.45, 2.75) is 38.7 Å². The zero-order valence-corrected chi connectivity index (χ0v) is 14.5. The molecule has 8 heteroatoms. The molecule has 0 fully saturated rings. The Hall–Kier alpha value is -2.35. The van der Waals surface area contributed by atoms with Crippen LogP contribution in [0.1, 0.15) is 23.7 Å². The first-order valence-corrected chi connectivity index (χ1v) is 8.51. The number of nitrogens with one attached hydrogen (secondary N) is 1. The van der Waals surface area contributed by atoms with E-state index >= 15 is 0 Å². The Labute approximate surface area is 149 Å². The van der Waals surface area contributed by atoms with Crippen molar-refractivity contribution in [3.8, 4) is 0 Å². The summed E-state index contributed by atoms with van der Waals surface area (Å²) in [5.74, 6) is -0.355. The van der Waals surface area contributed by atoms with E-state index in [9.17, 15) is 18.0 Å². The topological polar surface area (TPSA) is 50.2 Å². The molecule has 1 unspecified atom stereocenters. The van der Waals surface area contributed by atoms with Crippen molar-refractivity contribution in [3.05, 3.63) is 53.3 Å². The van der Waals surface area contributed by atoms with Gasteiger partial charge in [-0.1, -0.05) is 24.3 Å². The van der Waals surface area contributed by atoms with Gasteiger partial charge in [-0.3, -0.25) is 14.4 Å². The van der Waals surface area contributed by atoms with Crippen LogP contribution in [0.15, 0.2) is 36.5 Å². The lowest BCUT2D eigenvalue weighted by Gasteiger charge is -2.33. The third-order valence-corrected chi connectivity index (χ3v) is 4.61. The SMILES string of the molecule is CC(CNC(=O)Cn1ccc(C(F)(F)F)n1)N1CCc2ccccc2C1. The standard InChI is InChI=1S/C18H21F3N4O/c1-13(24-8-6-14-4-2-3-5-15(14)11-24)10-22-17(26)12-25-9-7-16(23-25)18(19,20)21/h2-5,7,9,13H,6,8,10-12H2,1H3,(H,22,26). The van der Waals surface area contributed by atoms with Gasteiger partial charge in [0.05, 0.1) is 0 Å². The molecule has 1 amide bonds. The highest BCUT2D eigenvalue weighted by Gasteiger charge is 2.33. The number of carbonyl (C=O) groups is 1. The van der Waals surface area contributed by atoms with Crippen LogP contribution >= 0.6 is 0 Å². The first-order valence-electron chi connectivity index (χ1n) is 8.51. The van der Waals surface area contributed by atoms with Crippen LogP contribution in [0.25, 0.3) is 0 Å². The second-order valence-electron chi connectivity index (χ2n) is 6.54. The van der Waals surface area contributed by atoms with E-state index in [2.05, 4.69) is 27.4 Å². The van der Waals surface area contributed by atoms with Gasteiger partial charge in [-0.25, -0.2) is 0 Å². The van der Waals surface area contributed by atoms with Gasteiger partial charge in [-0.2, -0.15) is 18.3 Å². The second-order valence-corrected chi connectivity index (χ2v) is 6.54. The van der Waals surface area contributed by atoms with Crippen LogP contribution in [0.4, 0.5) is 13.2 Å². The van der Waals surface area contributed by atoms with E-state index < -0.39 is 11.9 Å². The molecule has 0 spiro atoms. The number of carbonyl (C=O) groups excluding carboxylic acids is 1. The molecule has 1 aliphatic heterocycles. The Morgan fingerprint density at radius 1 is 1.27 bits per heavy atom. The fourth-order valence-electron chi connectivity index (χ4n) is 3.09. The van der Waals surface area contributed by atoms with Gasteiger partial charge in [0.2, 0.25) is 5.91 Å². The average molecular weight is 366 g/mol. The summed E-state index contributed by atoms with van der Waals surface area (Å²) in [5.41, 5.74) is 1.66. The predicted octanol–water partition coefficient (Wildman–Crippen LogP) is 2.46. The van der Waals surface area contributed by atoms with Crippen LogP contribution in [0.3, 0.4) is 0 Å². The van der Waals surface area contributed by atoms with Crippen LogP contribution in [-0.4, -0.2) is 39.7 Å². The molecule has 140 valence electrons. The number of alkyl halides is 3. The summed E-state index contributed by atoms with van der Waals surface area (Å²) in [6, 6.07) is 9.31. The highest BCUT2D eigenvalue weighted by Crippen LogP contribution is 2.27. The van der Waals surface area contributed by atoms with Crippen molar-refractivity contribution >= 4 is 5.91 Å². The molecular weight excluding hydrogens is 345 g/mol. The molecule has 1 atom stereocenters. The van der Waals surface area contributed by atoms with Gasteiger partial charge >= 0.3 is 6.18 Å². The monoisotopic (exact) mass is 366 g/mol. The minimum atomic E-state index is -4.50. The zero-order valence-electron chi connectivity index (χ0n) is 14.5. The van der Waals surface area contributed by atoms with Crippen molar-refractivity contribution in [1.29, 1.82) is 0 Å². The Morgan fingerprint density at radius 2 is 2.00 bits per heavy atom.